The molecular formula is C22H18BrFN2O3. The van der Waals surface area contributed by atoms with Gasteiger partial charge in [-0.25, -0.2) is 9.18 Å². The number of nitrogens with one attached hydrogen (secondary N) is 1. The first kappa shape index (κ1) is 19.3. The van der Waals surface area contributed by atoms with Crippen molar-refractivity contribution in [2.45, 2.75) is 13.1 Å². The summed E-state index contributed by atoms with van der Waals surface area (Å²) >= 11 is 3.38. The van der Waals surface area contributed by atoms with Gasteiger partial charge >= 0.3 is 6.03 Å². The summed E-state index contributed by atoms with van der Waals surface area (Å²) in [5, 5.41) is 2.91. The predicted molar refractivity (Wildman–Crippen MR) is 111 cm³/mol. The lowest BCUT2D eigenvalue weighted by molar-refractivity contribution is 0.174. The van der Waals surface area contributed by atoms with Gasteiger partial charge in [-0.1, -0.05) is 34.1 Å². The molecule has 2 amide bonds. The monoisotopic (exact) mass is 456 g/mol. The van der Waals surface area contributed by atoms with Gasteiger partial charge in [0.15, 0.2) is 11.5 Å². The maximum atomic E-state index is 13.3. The summed E-state index contributed by atoms with van der Waals surface area (Å²) in [6, 6.07) is 18.8. The van der Waals surface area contributed by atoms with Gasteiger partial charge in [-0.3, -0.25) is 0 Å². The minimum absolute atomic E-state index is 0.197. The van der Waals surface area contributed by atoms with Crippen molar-refractivity contribution in [3.63, 3.8) is 0 Å². The molecule has 0 bridgehead atoms. The molecule has 1 aliphatic heterocycles. The van der Waals surface area contributed by atoms with Crippen LogP contribution in [0.4, 0.5) is 14.9 Å². The molecule has 0 unspecified atom stereocenters. The van der Waals surface area contributed by atoms with Crippen molar-refractivity contribution >= 4 is 27.6 Å². The normalized spacial score (nSPS) is 11.9. The highest BCUT2D eigenvalue weighted by atomic mass is 79.9. The number of hydrogen-bond donors (Lipinski definition) is 1. The van der Waals surface area contributed by atoms with Crippen LogP contribution in [0.25, 0.3) is 0 Å². The van der Waals surface area contributed by atoms with E-state index in [1.54, 1.807) is 17.0 Å². The largest absolute Gasteiger partial charge is 0.454 e. The molecule has 0 saturated carbocycles. The second-order valence-electron chi connectivity index (χ2n) is 6.61. The third kappa shape index (κ3) is 4.86. The first-order valence-electron chi connectivity index (χ1n) is 9.01. The lowest BCUT2D eigenvalue weighted by Gasteiger charge is -2.24. The van der Waals surface area contributed by atoms with Crippen LogP contribution in [-0.2, 0) is 13.1 Å². The molecule has 1 aliphatic rings. The van der Waals surface area contributed by atoms with Crippen LogP contribution in [0.2, 0.25) is 0 Å². The van der Waals surface area contributed by atoms with Crippen LogP contribution in [-0.4, -0.2) is 17.7 Å². The number of hydrogen-bond acceptors (Lipinski definition) is 3. The Morgan fingerprint density at radius 3 is 2.34 bits per heavy atom. The zero-order valence-electron chi connectivity index (χ0n) is 15.4. The molecule has 0 fully saturated rings. The molecule has 0 aliphatic carbocycles. The van der Waals surface area contributed by atoms with Crippen LogP contribution in [0.1, 0.15) is 11.1 Å². The number of urea groups is 1. The third-order valence-electron chi connectivity index (χ3n) is 4.48. The van der Waals surface area contributed by atoms with E-state index in [1.807, 2.05) is 42.5 Å². The molecule has 148 valence electrons. The van der Waals surface area contributed by atoms with Gasteiger partial charge in [0.05, 0.1) is 0 Å². The standard InChI is InChI=1S/C22H18BrFN2O3/c23-17-4-8-19(9-5-17)25-22(27)26(12-15-1-6-18(24)7-2-15)13-16-3-10-20-21(11-16)29-14-28-20/h1-11H,12-14H2,(H,25,27). The highest BCUT2D eigenvalue weighted by Crippen LogP contribution is 2.33. The van der Waals surface area contributed by atoms with Gasteiger partial charge in [0, 0.05) is 23.2 Å². The van der Waals surface area contributed by atoms with Gasteiger partial charge in [0.2, 0.25) is 6.79 Å². The highest BCUT2D eigenvalue weighted by Gasteiger charge is 2.18. The molecule has 7 heteroatoms. The summed E-state index contributed by atoms with van der Waals surface area (Å²) < 4.78 is 25.0. The zero-order valence-corrected chi connectivity index (χ0v) is 17.0. The number of halogens is 2. The molecule has 0 radical (unpaired) electrons. The fourth-order valence-corrected chi connectivity index (χ4v) is 3.27. The van der Waals surface area contributed by atoms with Crippen LogP contribution < -0.4 is 14.8 Å². The second-order valence-corrected chi connectivity index (χ2v) is 7.52. The zero-order chi connectivity index (χ0) is 20.2. The lowest BCUT2D eigenvalue weighted by atomic mass is 10.1. The summed E-state index contributed by atoms with van der Waals surface area (Å²) in [5.41, 5.74) is 2.42. The minimum atomic E-state index is -0.310. The summed E-state index contributed by atoms with van der Waals surface area (Å²) in [4.78, 5) is 14.6. The molecule has 29 heavy (non-hydrogen) atoms. The quantitative estimate of drug-likeness (QED) is 0.547. The van der Waals surface area contributed by atoms with Crippen LogP contribution in [0.15, 0.2) is 71.2 Å². The molecule has 0 atom stereocenters. The maximum absolute atomic E-state index is 13.3. The van der Waals surface area contributed by atoms with E-state index >= 15 is 0 Å². The van der Waals surface area contributed by atoms with Crippen LogP contribution >= 0.6 is 15.9 Å². The Bertz CT molecular complexity index is 1010. The van der Waals surface area contributed by atoms with Crippen molar-refractivity contribution in [1.29, 1.82) is 0 Å². The smallest absolute Gasteiger partial charge is 0.322 e. The van der Waals surface area contributed by atoms with Crippen LogP contribution in [0.5, 0.6) is 11.5 Å². The van der Waals surface area contributed by atoms with E-state index in [-0.39, 0.29) is 18.6 Å². The molecule has 5 nitrogen and oxygen atoms in total. The van der Waals surface area contributed by atoms with Gasteiger partial charge < -0.3 is 19.7 Å². The third-order valence-corrected chi connectivity index (χ3v) is 5.01. The molecule has 0 saturated heterocycles. The number of amides is 2. The molecule has 3 aromatic rings. The van der Waals surface area contributed by atoms with Crippen molar-refractivity contribution in [1.82, 2.24) is 4.90 Å². The average molecular weight is 457 g/mol. The van der Waals surface area contributed by atoms with Crippen LogP contribution in [0.3, 0.4) is 0 Å². The van der Waals surface area contributed by atoms with E-state index in [4.69, 9.17) is 9.47 Å². The van der Waals surface area contributed by atoms with Crippen molar-refractivity contribution in [2.75, 3.05) is 12.1 Å². The molecule has 4 rings (SSSR count). The maximum Gasteiger partial charge on any atom is 0.322 e. The molecular weight excluding hydrogens is 439 g/mol. The Kier molecular flexibility index (Phi) is 5.67. The van der Waals surface area contributed by atoms with Crippen molar-refractivity contribution in [3.05, 3.63) is 88.1 Å². The van der Waals surface area contributed by atoms with E-state index in [1.165, 1.54) is 12.1 Å². The SMILES string of the molecule is O=C(Nc1ccc(Br)cc1)N(Cc1ccc(F)cc1)Cc1ccc2c(c1)OCO2. The highest BCUT2D eigenvalue weighted by molar-refractivity contribution is 9.10. The fourth-order valence-electron chi connectivity index (χ4n) is 3.01. The van der Waals surface area contributed by atoms with E-state index in [0.717, 1.165) is 15.6 Å². The number of anilines is 1. The summed E-state index contributed by atoms with van der Waals surface area (Å²) in [6.07, 6.45) is 0. The fraction of sp³-hybridized carbons (Fsp3) is 0.136. The number of fused-ring (bicyclic) bond motifs is 1. The summed E-state index contributed by atoms with van der Waals surface area (Å²) in [7, 11) is 0. The first-order valence-corrected chi connectivity index (χ1v) is 9.80. The Morgan fingerprint density at radius 2 is 1.59 bits per heavy atom. The minimum Gasteiger partial charge on any atom is -0.454 e. The number of nitrogens with zero attached hydrogens (tertiary/aromatic N) is 1. The molecule has 1 N–H and O–H groups in total. The average Bonchev–Trinajstić information content (AvgIpc) is 3.19. The van der Waals surface area contributed by atoms with Crippen molar-refractivity contribution in [2.24, 2.45) is 0 Å². The first-order chi connectivity index (χ1) is 14.1. The van der Waals surface area contributed by atoms with Gasteiger partial charge in [-0.05, 0) is 59.7 Å². The van der Waals surface area contributed by atoms with Gasteiger partial charge in [0.1, 0.15) is 5.82 Å². The Hall–Kier alpha value is -3.06. The number of carbonyl (C=O) groups excluding carboxylic acids is 1. The van der Waals surface area contributed by atoms with Gasteiger partial charge in [0.25, 0.3) is 0 Å². The van der Waals surface area contributed by atoms with E-state index in [2.05, 4.69) is 21.2 Å². The molecule has 0 spiro atoms. The van der Waals surface area contributed by atoms with Gasteiger partial charge in [-0.15, -0.1) is 0 Å². The number of carbonyl (C=O) groups is 1. The molecule has 3 aromatic carbocycles. The van der Waals surface area contributed by atoms with Crippen LogP contribution in [0, 0.1) is 5.82 Å². The van der Waals surface area contributed by atoms with Gasteiger partial charge in [-0.2, -0.15) is 0 Å². The number of benzene rings is 3. The molecule has 0 aromatic heterocycles. The predicted octanol–water partition coefficient (Wildman–Crippen LogP) is 5.55. The summed E-state index contributed by atoms with van der Waals surface area (Å²) in [5.74, 6) is 1.05. The Morgan fingerprint density at radius 1 is 0.931 bits per heavy atom. The van der Waals surface area contributed by atoms with E-state index in [0.29, 0.717) is 30.3 Å². The van der Waals surface area contributed by atoms with Crippen molar-refractivity contribution in [3.8, 4) is 11.5 Å². The number of ether oxygens (including phenoxy) is 2. The van der Waals surface area contributed by atoms with E-state index < -0.39 is 0 Å². The van der Waals surface area contributed by atoms with E-state index in [9.17, 15) is 9.18 Å². The Labute approximate surface area is 176 Å². The number of rotatable bonds is 5. The topological polar surface area (TPSA) is 50.8 Å². The Balaban J connectivity index is 1.54. The second kappa shape index (κ2) is 8.53. The van der Waals surface area contributed by atoms with Crippen molar-refractivity contribution < 1.29 is 18.7 Å². The lowest BCUT2D eigenvalue weighted by Crippen LogP contribution is -2.34. The molecule has 1 heterocycles. The summed E-state index contributed by atoms with van der Waals surface area (Å²) in [6.45, 7) is 0.885.